The fourth-order valence-corrected chi connectivity index (χ4v) is 3.62. The molecule has 1 saturated heterocycles. The summed E-state index contributed by atoms with van der Waals surface area (Å²) in [5, 5.41) is 9.24. The average molecular weight is 435 g/mol. The van der Waals surface area contributed by atoms with Gasteiger partial charge in [0, 0.05) is 18.4 Å². The number of aromatic nitrogens is 3. The molecule has 0 bridgehead atoms. The minimum Gasteiger partial charge on any atom is -0.461 e. The highest BCUT2D eigenvalue weighted by molar-refractivity contribution is 6.30. The summed E-state index contributed by atoms with van der Waals surface area (Å²) in [5.41, 5.74) is 0.385. The van der Waals surface area contributed by atoms with Crippen molar-refractivity contribution < 1.29 is 19.1 Å². The predicted octanol–water partition coefficient (Wildman–Crippen LogP) is 3.90. The summed E-state index contributed by atoms with van der Waals surface area (Å²) in [7, 11) is 0. The lowest BCUT2D eigenvalue weighted by Gasteiger charge is -2.28. The molecule has 0 aliphatic carbocycles. The third-order valence-corrected chi connectivity index (χ3v) is 4.99. The highest BCUT2D eigenvalue weighted by Gasteiger charge is 2.42. The lowest BCUT2D eigenvalue weighted by molar-refractivity contribution is -0.145. The number of rotatable bonds is 4. The second-order valence-corrected chi connectivity index (χ2v) is 8.87. The van der Waals surface area contributed by atoms with E-state index in [9.17, 15) is 9.59 Å². The van der Waals surface area contributed by atoms with Crippen molar-refractivity contribution in [3.05, 3.63) is 46.5 Å². The fraction of sp³-hybridized carbons (Fsp3) is 0.524. The van der Waals surface area contributed by atoms with Crippen LogP contribution < -0.4 is 0 Å². The summed E-state index contributed by atoms with van der Waals surface area (Å²) in [6, 6.07) is 7.12. The summed E-state index contributed by atoms with van der Waals surface area (Å²) in [6.07, 6.45) is -0.473. The molecule has 2 heterocycles. The van der Waals surface area contributed by atoms with Crippen molar-refractivity contribution >= 4 is 23.7 Å². The van der Waals surface area contributed by atoms with Crippen molar-refractivity contribution in [1.29, 1.82) is 0 Å². The molecule has 1 amide bonds. The lowest BCUT2D eigenvalue weighted by Crippen LogP contribution is -2.38. The molecule has 30 heavy (non-hydrogen) atoms. The predicted molar refractivity (Wildman–Crippen MR) is 111 cm³/mol. The van der Waals surface area contributed by atoms with E-state index in [1.165, 1.54) is 6.92 Å². The van der Waals surface area contributed by atoms with Crippen LogP contribution in [0.1, 0.15) is 57.4 Å². The Kier molecular flexibility index (Phi) is 6.36. The van der Waals surface area contributed by atoms with Crippen molar-refractivity contribution in [3.63, 3.8) is 0 Å². The molecule has 2 aromatic rings. The van der Waals surface area contributed by atoms with Crippen molar-refractivity contribution in [2.45, 2.75) is 65.3 Å². The highest BCUT2D eigenvalue weighted by Crippen LogP contribution is 2.34. The van der Waals surface area contributed by atoms with Gasteiger partial charge in [0.05, 0.1) is 19.1 Å². The van der Waals surface area contributed by atoms with Crippen molar-refractivity contribution in [3.8, 4) is 0 Å². The molecule has 2 atom stereocenters. The number of amides is 1. The number of halogens is 1. The molecule has 0 radical (unpaired) electrons. The summed E-state index contributed by atoms with van der Waals surface area (Å²) in [5.74, 6) is 0.964. The first-order chi connectivity index (χ1) is 14.0. The van der Waals surface area contributed by atoms with Crippen LogP contribution in [-0.4, -0.2) is 50.0 Å². The van der Waals surface area contributed by atoms with E-state index in [2.05, 4.69) is 10.2 Å². The Bertz CT molecular complexity index is 920. The van der Waals surface area contributed by atoms with Gasteiger partial charge in [-0.3, -0.25) is 9.69 Å². The molecule has 1 fully saturated rings. The first kappa shape index (κ1) is 22.1. The van der Waals surface area contributed by atoms with Crippen molar-refractivity contribution in [2.75, 3.05) is 6.54 Å². The van der Waals surface area contributed by atoms with Crippen LogP contribution in [0, 0.1) is 6.92 Å². The number of hydrogen-bond acceptors (Lipinski definition) is 6. The maximum absolute atomic E-state index is 12.9. The van der Waals surface area contributed by atoms with Crippen LogP contribution in [-0.2, 0) is 20.8 Å². The Morgan fingerprint density at radius 1 is 1.20 bits per heavy atom. The van der Waals surface area contributed by atoms with Gasteiger partial charge in [0.2, 0.25) is 0 Å². The molecule has 0 saturated carbocycles. The SMILES string of the molecule is CC(=O)O[C@@H]1C[C@H](c2nnc(C)n2Cc2ccc(Cl)cc2)N(C(=O)OC(C)(C)C)C1. The van der Waals surface area contributed by atoms with E-state index in [1.807, 2.05) is 56.5 Å². The number of ether oxygens (including phenoxy) is 2. The van der Waals surface area contributed by atoms with E-state index in [-0.39, 0.29) is 12.5 Å². The van der Waals surface area contributed by atoms with Crippen molar-refractivity contribution in [1.82, 2.24) is 19.7 Å². The standard InChI is InChI=1S/C21H27ClN4O4/c1-13-23-24-19(25(13)11-15-6-8-16(22)9-7-15)18-10-17(29-14(2)27)12-26(18)20(28)30-21(3,4)5/h6-9,17-18H,10-12H2,1-5H3/t17-,18-/m1/s1. The van der Waals surface area contributed by atoms with Gasteiger partial charge < -0.3 is 14.0 Å². The van der Waals surface area contributed by atoms with Crippen LogP contribution in [0.5, 0.6) is 0 Å². The molecule has 0 spiro atoms. The third-order valence-electron chi connectivity index (χ3n) is 4.74. The molecule has 1 aromatic heterocycles. The van der Waals surface area contributed by atoms with Gasteiger partial charge in [-0.1, -0.05) is 23.7 Å². The van der Waals surface area contributed by atoms with Gasteiger partial charge in [-0.05, 0) is 45.4 Å². The van der Waals surface area contributed by atoms with Gasteiger partial charge in [-0.15, -0.1) is 10.2 Å². The van der Waals surface area contributed by atoms with Gasteiger partial charge in [0.25, 0.3) is 0 Å². The third kappa shape index (κ3) is 5.30. The summed E-state index contributed by atoms with van der Waals surface area (Å²) >= 11 is 5.99. The number of likely N-dealkylation sites (tertiary alicyclic amines) is 1. The van der Waals surface area contributed by atoms with Crippen LogP contribution in [0.3, 0.4) is 0 Å². The van der Waals surface area contributed by atoms with E-state index in [1.54, 1.807) is 4.90 Å². The lowest BCUT2D eigenvalue weighted by atomic mass is 10.1. The molecule has 9 heteroatoms. The second kappa shape index (κ2) is 8.63. The zero-order valence-corrected chi connectivity index (χ0v) is 18.6. The van der Waals surface area contributed by atoms with E-state index < -0.39 is 23.8 Å². The number of hydrogen-bond donors (Lipinski definition) is 0. The number of carbonyl (C=O) groups excluding carboxylic acids is 2. The number of carbonyl (C=O) groups is 2. The zero-order valence-electron chi connectivity index (χ0n) is 17.9. The maximum atomic E-state index is 12.9. The van der Waals surface area contributed by atoms with Crippen molar-refractivity contribution in [2.24, 2.45) is 0 Å². The first-order valence-corrected chi connectivity index (χ1v) is 10.2. The Hall–Kier alpha value is -2.61. The molecule has 8 nitrogen and oxygen atoms in total. The second-order valence-electron chi connectivity index (χ2n) is 8.43. The van der Waals surface area contributed by atoms with E-state index in [0.29, 0.717) is 23.8 Å². The van der Waals surface area contributed by atoms with Gasteiger partial charge in [-0.2, -0.15) is 0 Å². The van der Waals surface area contributed by atoms with Gasteiger partial charge in [0.1, 0.15) is 17.5 Å². The Morgan fingerprint density at radius 3 is 2.47 bits per heavy atom. The van der Waals surface area contributed by atoms with E-state index in [4.69, 9.17) is 21.1 Å². The van der Waals surface area contributed by atoms with Gasteiger partial charge in [0.15, 0.2) is 5.82 Å². The molecule has 1 aliphatic heterocycles. The summed E-state index contributed by atoms with van der Waals surface area (Å²) in [6.45, 7) is 9.43. The fourth-order valence-electron chi connectivity index (χ4n) is 3.50. The monoisotopic (exact) mass is 434 g/mol. The van der Waals surface area contributed by atoms with E-state index >= 15 is 0 Å². The molecular weight excluding hydrogens is 408 g/mol. The molecular formula is C21H27ClN4O4. The smallest absolute Gasteiger partial charge is 0.411 e. The normalized spacial score (nSPS) is 19.1. The van der Waals surface area contributed by atoms with Crippen LogP contribution in [0.2, 0.25) is 5.02 Å². The minimum atomic E-state index is -0.645. The molecule has 3 rings (SSSR count). The summed E-state index contributed by atoms with van der Waals surface area (Å²) < 4.78 is 12.9. The zero-order chi connectivity index (χ0) is 22.1. The van der Waals surface area contributed by atoms with Gasteiger partial charge in [-0.25, -0.2) is 4.79 Å². The number of benzene rings is 1. The van der Waals surface area contributed by atoms with Crippen LogP contribution in [0.25, 0.3) is 0 Å². The Labute approximate surface area is 181 Å². The topological polar surface area (TPSA) is 86.5 Å². The minimum absolute atomic E-state index is 0.242. The molecule has 162 valence electrons. The summed E-state index contributed by atoms with van der Waals surface area (Å²) in [4.78, 5) is 25.9. The average Bonchev–Trinajstić information content (AvgIpc) is 3.19. The van der Waals surface area contributed by atoms with Crippen LogP contribution in [0.15, 0.2) is 24.3 Å². The highest BCUT2D eigenvalue weighted by atomic mass is 35.5. The maximum Gasteiger partial charge on any atom is 0.411 e. The van der Waals surface area contributed by atoms with Crippen LogP contribution in [0.4, 0.5) is 4.79 Å². The number of nitrogens with zero attached hydrogens (tertiary/aromatic N) is 4. The van der Waals surface area contributed by atoms with E-state index in [0.717, 1.165) is 11.4 Å². The largest absolute Gasteiger partial charge is 0.461 e. The Morgan fingerprint density at radius 2 is 1.87 bits per heavy atom. The molecule has 0 N–H and O–H groups in total. The van der Waals surface area contributed by atoms with Crippen LogP contribution >= 0.6 is 11.6 Å². The molecule has 1 aliphatic rings. The number of esters is 1. The molecule has 1 aromatic carbocycles. The number of aryl methyl sites for hydroxylation is 1. The first-order valence-electron chi connectivity index (χ1n) is 9.84. The van der Waals surface area contributed by atoms with Gasteiger partial charge >= 0.3 is 12.1 Å². The quantitative estimate of drug-likeness (QED) is 0.678. The Balaban J connectivity index is 1.91. The molecule has 0 unspecified atom stereocenters.